The van der Waals surface area contributed by atoms with Gasteiger partial charge in [-0.1, -0.05) is 32.0 Å². The lowest BCUT2D eigenvalue weighted by molar-refractivity contribution is -0.913. The number of phenols is 1. The van der Waals surface area contributed by atoms with E-state index in [4.69, 9.17) is 9.15 Å². The van der Waals surface area contributed by atoms with Gasteiger partial charge in [-0.2, -0.15) is 13.2 Å². The van der Waals surface area contributed by atoms with Gasteiger partial charge in [0.05, 0.1) is 36.7 Å². The normalized spacial score (nSPS) is 12.0. The van der Waals surface area contributed by atoms with E-state index in [-0.39, 0.29) is 40.1 Å². The van der Waals surface area contributed by atoms with Gasteiger partial charge >= 0.3 is 6.18 Å². The maximum Gasteiger partial charge on any atom is 0.450 e. The van der Waals surface area contributed by atoms with E-state index in [0.29, 0.717) is 0 Å². The number of halogens is 3. The number of methoxy groups -OCH3 is 1. The van der Waals surface area contributed by atoms with E-state index in [1.165, 1.54) is 37.4 Å². The standard InChI is InChI=1S/C24H26F3NO4/c1-4-12-28(13-5-2)14-17-18(29)11-10-16-21(30)20(15-8-6-7-9-19(15)31-3)23(24(25,26)27)32-22(16)17/h6-11,29H,4-5,12-14H2,1-3H3/p+1. The van der Waals surface area contributed by atoms with Gasteiger partial charge in [-0.05, 0) is 31.0 Å². The van der Waals surface area contributed by atoms with Crippen molar-refractivity contribution in [3.8, 4) is 22.6 Å². The molecule has 1 heterocycles. The van der Waals surface area contributed by atoms with Crippen molar-refractivity contribution in [3.05, 3.63) is 57.9 Å². The molecular weight excluding hydrogens is 423 g/mol. The summed E-state index contributed by atoms with van der Waals surface area (Å²) in [6.07, 6.45) is -3.18. The van der Waals surface area contributed by atoms with Crippen LogP contribution in [-0.4, -0.2) is 25.3 Å². The molecule has 8 heteroatoms. The maximum atomic E-state index is 14.1. The maximum absolute atomic E-state index is 14.1. The van der Waals surface area contributed by atoms with Crippen LogP contribution in [0.5, 0.6) is 11.5 Å². The molecule has 172 valence electrons. The van der Waals surface area contributed by atoms with Crippen LogP contribution in [0.15, 0.2) is 45.6 Å². The topological polar surface area (TPSA) is 64.1 Å². The highest BCUT2D eigenvalue weighted by atomic mass is 19.4. The quantitative estimate of drug-likeness (QED) is 0.534. The van der Waals surface area contributed by atoms with Crippen LogP contribution >= 0.6 is 0 Å². The largest absolute Gasteiger partial charge is 0.507 e. The predicted octanol–water partition coefficient (Wildman–Crippen LogP) is 4.40. The van der Waals surface area contributed by atoms with Crippen molar-refractivity contribution in [2.24, 2.45) is 0 Å². The minimum atomic E-state index is -4.92. The van der Waals surface area contributed by atoms with Gasteiger partial charge in [0.1, 0.15) is 18.0 Å². The molecule has 2 aromatic carbocycles. The predicted molar refractivity (Wildman–Crippen MR) is 116 cm³/mol. The summed E-state index contributed by atoms with van der Waals surface area (Å²) in [6.45, 7) is 5.83. The first-order chi connectivity index (χ1) is 15.2. The number of aromatic hydroxyl groups is 1. The number of hydrogen-bond acceptors (Lipinski definition) is 4. The molecule has 3 rings (SSSR count). The number of rotatable bonds is 8. The van der Waals surface area contributed by atoms with Crippen molar-refractivity contribution in [1.82, 2.24) is 0 Å². The van der Waals surface area contributed by atoms with E-state index in [1.54, 1.807) is 6.07 Å². The second kappa shape index (κ2) is 9.65. The molecule has 32 heavy (non-hydrogen) atoms. The lowest BCUT2D eigenvalue weighted by Crippen LogP contribution is -3.10. The first-order valence-corrected chi connectivity index (χ1v) is 10.6. The molecule has 0 atom stereocenters. The number of nitrogens with one attached hydrogen (secondary N) is 1. The summed E-state index contributed by atoms with van der Waals surface area (Å²) in [5.74, 6) is -1.47. The second-order valence-corrected chi connectivity index (χ2v) is 7.70. The van der Waals surface area contributed by atoms with E-state index >= 15 is 0 Å². The Morgan fingerprint density at radius 2 is 1.72 bits per heavy atom. The van der Waals surface area contributed by atoms with Crippen LogP contribution in [0.2, 0.25) is 0 Å². The third-order valence-electron chi connectivity index (χ3n) is 5.41. The molecule has 0 radical (unpaired) electrons. The zero-order valence-corrected chi connectivity index (χ0v) is 18.3. The Bertz CT molecular complexity index is 1150. The second-order valence-electron chi connectivity index (χ2n) is 7.70. The Morgan fingerprint density at radius 1 is 1.06 bits per heavy atom. The molecule has 2 N–H and O–H groups in total. The summed E-state index contributed by atoms with van der Waals surface area (Å²) in [4.78, 5) is 14.4. The molecule has 0 amide bonds. The van der Waals surface area contributed by atoms with Crippen molar-refractivity contribution in [1.29, 1.82) is 0 Å². The van der Waals surface area contributed by atoms with Crippen LogP contribution in [0.1, 0.15) is 38.0 Å². The molecule has 0 saturated carbocycles. The number of alkyl halides is 3. The zero-order chi connectivity index (χ0) is 23.5. The summed E-state index contributed by atoms with van der Waals surface area (Å²) >= 11 is 0. The highest BCUT2D eigenvalue weighted by Crippen LogP contribution is 2.41. The van der Waals surface area contributed by atoms with Gasteiger partial charge in [0, 0.05) is 5.56 Å². The molecular formula is C24H27F3NO4+. The summed E-state index contributed by atoms with van der Waals surface area (Å²) in [7, 11) is 1.32. The fourth-order valence-electron chi connectivity index (χ4n) is 4.03. The van der Waals surface area contributed by atoms with E-state index in [0.717, 1.165) is 30.8 Å². The summed E-state index contributed by atoms with van der Waals surface area (Å²) in [6, 6.07) is 8.65. The molecule has 0 aliphatic rings. The third kappa shape index (κ3) is 4.60. The van der Waals surface area contributed by atoms with Gasteiger partial charge in [0.2, 0.25) is 11.2 Å². The highest BCUT2D eigenvalue weighted by Gasteiger charge is 2.40. The molecule has 1 aromatic heterocycles. The van der Waals surface area contributed by atoms with Crippen LogP contribution in [0.4, 0.5) is 13.2 Å². The van der Waals surface area contributed by atoms with Gasteiger partial charge in [0.25, 0.3) is 0 Å². The molecule has 0 spiro atoms. The molecule has 0 bridgehead atoms. The van der Waals surface area contributed by atoms with Crippen LogP contribution < -0.4 is 15.1 Å². The number of ether oxygens (including phenoxy) is 1. The van der Waals surface area contributed by atoms with Gasteiger partial charge in [-0.25, -0.2) is 0 Å². The lowest BCUT2D eigenvalue weighted by Gasteiger charge is -2.20. The van der Waals surface area contributed by atoms with Crippen molar-refractivity contribution >= 4 is 11.0 Å². The SMILES string of the molecule is CCC[NH+](CCC)Cc1c(O)ccc2c(=O)c(-c3ccccc3OC)c(C(F)(F)F)oc12. The third-order valence-corrected chi connectivity index (χ3v) is 5.41. The Labute approximate surface area is 184 Å². The fourth-order valence-corrected chi connectivity index (χ4v) is 4.03. The zero-order valence-electron chi connectivity index (χ0n) is 18.3. The van der Waals surface area contributed by atoms with Gasteiger partial charge in [0.15, 0.2) is 5.58 Å². The fraction of sp³-hybridized carbons (Fsp3) is 0.375. The Kier molecular flexibility index (Phi) is 7.13. The molecule has 5 nitrogen and oxygen atoms in total. The van der Waals surface area contributed by atoms with Gasteiger partial charge in [-0.3, -0.25) is 4.79 Å². The average molecular weight is 450 g/mol. The number of benzene rings is 2. The molecule has 0 aliphatic heterocycles. The molecule has 0 aliphatic carbocycles. The first kappa shape index (κ1) is 23.7. The van der Waals surface area contributed by atoms with Gasteiger partial charge < -0.3 is 19.2 Å². The van der Waals surface area contributed by atoms with Gasteiger partial charge in [-0.15, -0.1) is 0 Å². The van der Waals surface area contributed by atoms with Crippen molar-refractivity contribution < 1.29 is 32.3 Å². The van der Waals surface area contributed by atoms with Crippen LogP contribution in [0, 0.1) is 0 Å². The van der Waals surface area contributed by atoms with E-state index in [9.17, 15) is 23.1 Å². The number of quaternary nitrogens is 1. The monoisotopic (exact) mass is 450 g/mol. The number of phenolic OH excluding ortho intramolecular Hbond substituents is 1. The van der Waals surface area contributed by atoms with E-state index in [2.05, 4.69) is 0 Å². The van der Waals surface area contributed by atoms with Crippen LogP contribution in [0.3, 0.4) is 0 Å². The van der Waals surface area contributed by atoms with Crippen molar-refractivity contribution in [3.63, 3.8) is 0 Å². The van der Waals surface area contributed by atoms with E-state index in [1.807, 2.05) is 13.8 Å². The minimum Gasteiger partial charge on any atom is -0.507 e. The molecule has 0 unspecified atom stereocenters. The Balaban J connectivity index is 2.34. The molecule has 0 fully saturated rings. The average Bonchev–Trinajstić information content (AvgIpc) is 2.75. The highest BCUT2D eigenvalue weighted by molar-refractivity contribution is 5.87. The summed E-state index contributed by atoms with van der Waals surface area (Å²) in [5, 5.41) is 10.5. The number of para-hydroxylation sites is 1. The van der Waals surface area contributed by atoms with Crippen molar-refractivity contribution in [2.75, 3.05) is 20.2 Å². The summed E-state index contributed by atoms with van der Waals surface area (Å²) < 4.78 is 52.8. The Hall–Kier alpha value is -3.00. The van der Waals surface area contributed by atoms with E-state index < -0.39 is 22.9 Å². The first-order valence-electron chi connectivity index (χ1n) is 10.6. The van der Waals surface area contributed by atoms with Crippen LogP contribution in [0.25, 0.3) is 22.1 Å². The van der Waals surface area contributed by atoms with Crippen LogP contribution in [-0.2, 0) is 12.7 Å². The number of hydrogen-bond donors (Lipinski definition) is 2. The summed E-state index contributed by atoms with van der Waals surface area (Å²) in [5.41, 5.74) is -1.46. The number of fused-ring (bicyclic) bond motifs is 1. The molecule has 3 aromatic rings. The lowest BCUT2D eigenvalue weighted by atomic mass is 9.99. The Morgan fingerprint density at radius 3 is 2.31 bits per heavy atom. The van der Waals surface area contributed by atoms with Crippen molar-refractivity contribution in [2.45, 2.75) is 39.4 Å². The minimum absolute atomic E-state index is 0.00295. The molecule has 0 saturated heterocycles. The smallest absolute Gasteiger partial charge is 0.450 e.